The van der Waals surface area contributed by atoms with Crippen LogP contribution in [0.25, 0.3) is 0 Å². The average Bonchev–Trinajstić information content (AvgIpc) is 3.09. The summed E-state index contributed by atoms with van der Waals surface area (Å²) in [6, 6.07) is 0. The van der Waals surface area contributed by atoms with Crippen molar-refractivity contribution in [3.8, 4) is 0 Å². The highest BCUT2D eigenvalue weighted by Crippen LogP contribution is 2.72. The Kier molecular flexibility index (Phi) is 5.67. The lowest BCUT2D eigenvalue weighted by Crippen LogP contribution is -2.70. The lowest BCUT2D eigenvalue weighted by atomic mass is 9.44. The Bertz CT molecular complexity index is 894. The van der Waals surface area contributed by atoms with Crippen LogP contribution in [0.4, 0.5) is 4.39 Å². The first kappa shape index (κ1) is 24.8. The number of ether oxygens (including phenoxy) is 2. The fourth-order valence-corrected chi connectivity index (χ4v) is 8.47. The summed E-state index contributed by atoms with van der Waals surface area (Å²) in [6.07, 6.45) is 2.28. The molecule has 8 atom stereocenters. The molecule has 3 saturated carbocycles. The van der Waals surface area contributed by atoms with Gasteiger partial charge in [-0.05, 0) is 57.9 Å². The number of ketones is 2. The molecule has 0 aromatic heterocycles. The number of aliphatic hydroxyl groups excluding tert-OH is 1. The van der Waals surface area contributed by atoms with Crippen LogP contribution < -0.4 is 0 Å². The SMILES string of the molecule is Br.CC1(C)O[C@@H]2C[C@H]3[C@@H]4CCC5=CC(=O)CC[C@]5(C)[C@@]4(F)[C@@H](O)C[C@]3(C)[C@]2(C(=O)CCl)O1. The Labute approximate surface area is 204 Å². The molecule has 8 heteroatoms. The fourth-order valence-electron chi connectivity index (χ4n) is 8.27. The summed E-state index contributed by atoms with van der Waals surface area (Å²) in [5, 5.41) is 11.4. The van der Waals surface area contributed by atoms with Crippen molar-refractivity contribution in [2.75, 3.05) is 5.88 Å². The molecule has 0 aromatic rings. The standard InChI is InChI=1S/C24H32ClFO5.BrH/c1-20(2)30-19-10-16-15-6-5-13-9-14(27)7-8-21(13,3)23(15,26)17(28)11-22(16,4)24(19,31-20)18(29)12-25;/h9,15-17,19,28H,5-8,10-12H2,1-4H3;1H/t15-,16-,17-,19+,21-,22-,23-,24+;/m0./s1. The molecule has 1 heterocycles. The van der Waals surface area contributed by atoms with Gasteiger partial charge >= 0.3 is 0 Å². The second-order valence-corrected chi connectivity index (χ2v) is 11.5. The maximum Gasteiger partial charge on any atom is 0.182 e. The van der Waals surface area contributed by atoms with Crippen LogP contribution in [0.2, 0.25) is 0 Å². The van der Waals surface area contributed by atoms with Crippen LogP contribution in [0.15, 0.2) is 11.6 Å². The summed E-state index contributed by atoms with van der Waals surface area (Å²) in [5.41, 5.74) is -4.00. The van der Waals surface area contributed by atoms with E-state index >= 15 is 4.39 Å². The molecule has 4 fully saturated rings. The Morgan fingerprint density at radius 3 is 2.59 bits per heavy atom. The Balaban J connectivity index is 0.00000245. The molecule has 0 bridgehead atoms. The van der Waals surface area contributed by atoms with E-state index in [1.54, 1.807) is 19.9 Å². The Morgan fingerprint density at radius 2 is 1.94 bits per heavy atom. The van der Waals surface area contributed by atoms with Crippen LogP contribution in [-0.4, -0.2) is 51.8 Å². The van der Waals surface area contributed by atoms with Crippen molar-refractivity contribution in [2.45, 2.75) is 95.5 Å². The molecule has 32 heavy (non-hydrogen) atoms. The van der Waals surface area contributed by atoms with Crippen LogP contribution in [0.5, 0.6) is 0 Å². The van der Waals surface area contributed by atoms with E-state index in [4.69, 9.17) is 21.1 Å². The predicted octanol–water partition coefficient (Wildman–Crippen LogP) is 4.47. The van der Waals surface area contributed by atoms with E-state index in [-0.39, 0.29) is 46.8 Å². The minimum atomic E-state index is -1.86. The zero-order valence-electron chi connectivity index (χ0n) is 19.1. The second kappa shape index (κ2) is 7.33. The summed E-state index contributed by atoms with van der Waals surface area (Å²) in [7, 11) is 0. The molecule has 0 aromatic carbocycles. The van der Waals surface area contributed by atoms with Gasteiger partial charge in [0.25, 0.3) is 0 Å². The van der Waals surface area contributed by atoms with Crippen LogP contribution >= 0.6 is 28.6 Å². The third kappa shape index (κ3) is 2.72. The number of halogens is 3. The van der Waals surface area contributed by atoms with Gasteiger partial charge in [-0.2, -0.15) is 0 Å². The number of rotatable bonds is 2. The van der Waals surface area contributed by atoms with Gasteiger partial charge in [0, 0.05) is 23.2 Å². The quantitative estimate of drug-likeness (QED) is 0.528. The predicted molar refractivity (Wildman–Crippen MR) is 123 cm³/mol. The minimum absolute atomic E-state index is 0. The summed E-state index contributed by atoms with van der Waals surface area (Å²) < 4.78 is 29.7. The van der Waals surface area contributed by atoms with Crippen molar-refractivity contribution in [1.29, 1.82) is 0 Å². The fraction of sp³-hybridized carbons (Fsp3) is 0.833. The highest BCUT2D eigenvalue weighted by atomic mass is 79.9. The van der Waals surface area contributed by atoms with E-state index in [9.17, 15) is 14.7 Å². The van der Waals surface area contributed by atoms with Crippen molar-refractivity contribution < 1.29 is 28.6 Å². The smallest absolute Gasteiger partial charge is 0.182 e. The molecule has 5 nitrogen and oxygen atoms in total. The van der Waals surface area contributed by atoms with Gasteiger partial charge in [0.05, 0.1) is 18.1 Å². The van der Waals surface area contributed by atoms with Gasteiger partial charge < -0.3 is 14.6 Å². The van der Waals surface area contributed by atoms with Gasteiger partial charge in [-0.25, -0.2) is 4.39 Å². The molecule has 0 radical (unpaired) electrons. The van der Waals surface area contributed by atoms with E-state index in [1.165, 1.54) is 0 Å². The second-order valence-electron chi connectivity index (χ2n) is 11.3. The number of alkyl halides is 2. The van der Waals surface area contributed by atoms with Crippen LogP contribution in [0, 0.1) is 22.7 Å². The molecule has 0 spiro atoms. The van der Waals surface area contributed by atoms with Crippen molar-refractivity contribution in [2.24, 2.45) is 22.7 Å². The van der Waals surface area contributed by atoms with Gasteiger partial charge in [0.15, 0.2) is 23.0 Å². The largest absolute Gasteiger partial charge is 0.390 e. The first-order valence-corrected chi connectivity index (χ1v) is 12.0. The zero-order valence-corrected chi connectivity index (χ0v) is 21.5. The Hall–Kier alpha value is -0.340. The van der Waals surface area contributed by atoms with E-state index in [1.807, 2.05) is 13.8 Å². The monoisotopic (exact) mass is 534 g/mol. The molecular weight excluding hydrogens is 503 g/mol. The summed E-state index contributed by atoms with van der Waals surface area (Å²) >= 11 is 6.05. The number of allylic oxidation sites excluding steroid dienone is 1. The molecule has 0 unspecified atom stereocenters. The van der Waals surface area contributed by atoms with E-state index < -0.39 is 46.0 Å². The third-order valence-electron chi connectivity index (χ3n) is 9.57. The molecule has 4 aliphatic carbocycles. The van der Waals surface area contributed by atoms with Crippen molar-refractivity contribution in [1.82, 2.24) is 0 Å². The lowest BCUT2D eigenvalue weighted by Gasteiger charge is -2.63. The molecule has 5 rings (SSSR count). The first-order valence-electron chi connectivity index (χ1n) is 11.4. The van der Waals surface area contributed by atoms with Crippen molar-refractivity contribution in [3.05, 3.63) is 11.6 Å². The molecule has 1 aliphatic heterocycles. The zero-order chi connectivity index (χ0) is 22.6. The van der Waals surface area contributed by atoms with Crippen LogP contribution in [0.1, 0.15) is 66.2 Å². The van der Waals surface area contributed by atoms with Gasteiger partial charge in [0.1, 0.15) is 5.67 Å². The van der Waals surface area contributed by atoms with Crippen molar-refractivity contribution >= 4 is 40.1 Å². The van der Waals surface area contributed by atoms with E-state index in [0.29, 0.717) is 32.1 Å². The minimum Gasteiger partial charge on any atom is -0.390 e. The number of fused-ring (bicyclic) bond motifs is 7. The van der Waals surface area contributed by atoms with Gasteiger partial charge in [0.2, 0.25) is 0 Å². The van der Waals surface area contributed by atoms with Crippen LogP contribution in [0.3, 0.4) is 0 Å². The average molecular weight is 536 g/mol. The van der Waals surface area contributed by atoms with E-state index in [0.717, 1.165) is 5.57 Å². The summed E-state index contributed by atoms with van der Waals surface area (Å²) in [6.45, 7) is 7.38. The van der Waals surface area contributed by atoms with Gasteiger partial charge in [-0.15, -0.1) is 28.6 Å². The van der Waals surface area contributed by atoms with Gasteiger partial charge in [-0.3, -0.25) is 9.59 Å². The molecular formula is C24H33BrClFO5. The number of carbonyl (C=O) groups excluding carboxylic acids is 2. The molecule has 5 aliphatic rings. The normalized spacial score (nSPS) is 51.0. The summed E-state index contributed by atoms with van der Waals surface area (Å²) in [5.74, 6) is -2.02. The topological polar surface area (TPSA) is 72.8 Å². The molecule has 1 saturated heterocycles. The van der Waals surface area contributed by atoms with E-state index in [2.05, 4.69) is 0 Å². The highest BCUT2D eigenvalue weighted by molar-refractivity contribution is 8.93. The van der Waals surface area contributed by atoms with Crippen LogP contribution in [-0.2, 0) is 19.1 Å². The maximum absolute atomic E-state index is 17.2. The third-order valence-corrected chi connectivity index (χ3v) is 9.81. The first-order chi connectivity index (χ1) is 14.4. The number of hydrogen-bond donors (Lipinski definition) is 1. The molecule has 180 valence electrons. The molecule has 0 amide bonds. The lowest BCUT2D eigenvalue weighted by molar-refractivity contribution is -0.250. The van der Waals surface area contributed by atoms with Crippen molar-refractivity contribution in [3.63, 3.8) is 0 Å². The van der Waals surface area contributed by atoms with Gasteiger partial charge in [-0.1, -0.05) is 19.4 Å². The highest BCUT2D eigenvalue weighted by Gasteiger charge is 2.80. The number of Topliss-reactive ketones (excluding diaryl/α,β-unsaturated/α-hetero) is 1. The summed E-state index contributed by atoms with van der Waals surface area (Å²) in [4.78, 5) is 25.3. The maximum atomic E-state index is 17.2. The number of hydrogen-bond acceptors (Lipinski definition) is 5. The number of carbonyl (C=O) groups is 2. The number of aliphatic hydroxyl groups is 1. The Morgan fingerprint density at radius 1 is 1.25 bits per heavy atom. The molecule has 1 N–H and O–H groups in total.